The topological polar surface area (TPSA) is 67.1 Å². The predicted molar refractivity (Wildman–Crippen MR) is 49.8 cm³/mol. The van der Waals surface area contributed by atoms with Crippen molar-refractivity contribution < 1.29 is 4.79 Å². The Morgan fingerprint density at radius 2 is 2.00 bits per heavy atom. The minimum atomic E-state index is -0.133. The molecule has 1 aliphatic rings. The third-order valence-electron chi connectivity index (χ3n) is 1.86. The van der Waals surface area contributed by atoms with Gasteiger partial charge in [0, 0.05) is 6.20 Å². The number of hydrogen-bond donors (Lipinski definition) is 3. The second kappa shape index (κ2) is 2.82. The Kier molecular flexibility index (Phi) is 1.66. The van der Waals surface area contributed by atoms with E-state index in [2.05, 4.69) is 10.6 Å². The first-order valence-electron chi connectivity index (χ1n) is 3.90. The SMILES string of the molecule is N/C=C1/NC(=O)c2ccccc2N1. The molecular weight excluding hydrogens is 166 g/mol. The molecule has 4 nitrogen and oxygen atoms in total. The highest BCUT2D eigenvalue weighted by molar-refractivity contribution is 6.03. The standard InChI is InChI=1S/C9H9N3O/c10-5-8-11-7-4-2-1-3-6(7)9(13)12-8/h1-5,11H,10H2,(H,12,13)/b8-5+. The summed E-state index contributed by atoms with van der Waals surface area (Å²) in [7, 11) is 0. The van der Waals surface area contributed by atoms with Crippen LogP contribution in [0.1, 0.15) is 10.4 Å². The number of carbonyl (C=O) groups is 1. The van der Waals surface area contributed by atoms with Crippen molar-refractivity contribution in [3.8, 4) is 0 Å². The Hall–Kier alpha value is -1.97. The van der Waals surface area contributed by atoms with Gasteiger partial charge in [-0.1, -0.05) is 12.1 Å². The summed E-state index contributed by atoms with van der Waals surface area (Å²) in [4.78, 5) is 11.4. The fourth-order valence-electron chi connectivity index (χ4n) is 1.24. The molecule has 4 N–H and O–H groups in total. The summed E-state index contributed by atoms with van der Waals surface area (Å²) in [6, 6.07) is 7.26. The van der Waals surface area contributed by atoms with E-state index in [-0.39, 0.29) is 5.91 Å². The number of amides is 1. The zero-order valence-electron chi connectivity index (χ0n) is 6.87. The third-order valence-corrected chi connectivity index (χ3v) is 1.86. The van der Waals surface area contributed by atoms with Gasteiger partial charge in [-0.3, -0.25) is 4.79 Å². The molecule has 1 heterocycles. The lowest BCUT2D eigenvalue weighted by atomic mass is 10.1. The van der Waals surface area contributed by atoms with Gasteiger partial charge in [0.1, 0.15) is 5.82 Å². The maximum absolute atomic E-state index is 11.4. The first kappa shape index (κ1) is 7.67. The van der Waals surface area contributed by atoms with Crippen LogP contribution >= 0.6 is 0 Å². The molecule has 1 aliphatic heterocycles. The van der Waals surface area contributed by atoms with Crippen LogP contribution in [-0.2, 0) is 0 Å². The van der Waals surface area contributed by atoms with Crippen LogP contribution in [0.15, 0.2) is 36.3 Å². The Bertz CT molecular complexity index is 384. The van der Waals surface area contributed by atoms with Gasteiger partial charge in [-0.05, 0) is 12.1 Å². The van der Waals surface area contributed by atoms with Crippen LogP contribution in [0, 0.1) is 0 Å². The molecule has 4 heteroatoms. The summed E-state index contributed by atoms with van der Waals surface area (Å²) in [6.45, 7) is 0. The van der Waals surface area contributed by atoms with Crippen molar-refractivity contribution in [3.63, 3.8) is 0 Å². The molecule has 1 aromatic carbocycles. The van der Waals surface area contributed by atoms with Crippen LogP contribution in [0.2, 0.25) is 0 Å². The lowest BCUT2D eigenvalue weighted by Crippen LogP contribution is -2.33. The highest BCUT2D eigenvalue weighted by Gasteiger charge is 2.17. The minimum absolute atomic E-state index is 0.133. The quantitative estimate of drug-likeness (QED) is 0.541. The van der Waals surface area contributed by atoms with E-state index in [1.807, 2.05) is 18.2 Å². The van der Waals surface area contributed by atoms with E-state index in [9.17, 15) is 4.79 Å². The first-order chi connectivity index (χ1) is 6.31. The van der Waals surface area contributed by atoms with Crippen molar-refractivity contribution >= 4 is 11.6 Å². The van der Waals surface area contributed by atoms with Crippen LogP contribution in [0.3, 0.4) is 0 Å². The van der Waals surface area contributed by atoms with Crippen LogP contribution in [-0.4, -0.2) is 5.91 Å². The van der Waals surface area contributed by atoms with E-state index in [0.29, 0.717) is 11.4 Å². The largest absolute Gasteiger partial charge is 0.402 e. The summed E-state index contributed by atoms with van der Waals surface area (Å²) in [5.41, 5.74) is 6.70. The molecule has 1 amide bonds. The molecule has 0 aliphatic carbocycles. The molecule has 0 atom stereocenters. The van der Waals surface area contributed by atoms with Crippen molar-refractivity contribution in [2.24, 2.45) is 5.73 Å². The van der Waals surface area contributed by atoms with Crippen molar-refractivity contribution in [3.05, 3.63) is 41.8 Å². The van der Waals surface area contributed by atoms with E-state index < -0.39 is 0 Å². The molecule has 0 fully saturated rings. The van der Waals surface area contributed by atoms with Crippen LogP contribution < -0.4 is 16.4 Å². The number of benzene rings is 1. The monoisotopic (exact) mass is 175 g/mol. The fourth-order valence-corrected chi connectivity index (χ4v) is 1.24. The number of rotatable bonds is 0. The van der Waals surface area contributed by atoms with Crippen LogP contribution in [0.25, 0.3) is 0 Å². The van der Waals surface area contributed by atoms with Gasteiger partial charge < -0.3 is 16.4 Å². The zero-order chi connectivity index (χ0) is 9.26. The summed E-state index contributed by atoms with van der Waals surface area (Å²) >= 11 is 0. The van der Waals surface area contributed by atoms with E-state index in [1.165, 1.54) is 6.20 Å². The number of nitrogens with one attached hydrogen (secondary N) is 2. The summed E-state index contributed by atoms with van der Waals surface area (Å²) in [5, 5.41) is 5.59. The Morgan fingerprint density at radius 3 is 2.77 bits per heavy atom. The maximum atomic E-state index is 11.4. The highest BCUT2D eigenvalue weighted by Crippen LogP contribution is 2.19. The second-order valence-electron chi connectivity index (χ2n) is 2.71. The molecule has 13 heavy (non-hydrogen) atoms. The molecule has 0 aromatic heterocycles. The van der Waals surface area contributed by atoms with Gasteiger partial charge in [0.2, 0.25) is 0 Å². The van der Waals surface area contributed by atoms with Gasteiger partial charge in [0.05, 0.1) is 11.3 Å². The van der Waals surface area contributed by atoms with E-state index in [4.69, 9.17) is 5.73 Å². The smallest absolute Gasteiger partial charge is 0.258 e. The number of anilines is 1. The molecule has 0 saturated heterocycles. The third kappa shape index (κ3) is 1.22. The molecule has 0 bridgehead atoms. The van der Waals surface area contributed by atoms with Crippen molar-refractivity contribution in [1.29, 1.82) is 0 Å². The predicted octanol–water partition coefficient (Wildman–Crippen LogP) is 0.599. The lowest BCUT2D eigenvalue weighted by Gasteiger charge is -2.20. The number of para-hydroxylation sites is 1. The molecule has 66 valence electrons. The van der Waals surface area contributed by atoms with Crippen molar-refractivity contribution in [2.45, 2.75) is 0 Å². The van der Waals surface area contributed by atoms with Crippen molar-refractivity contribution in [2.75, 3.05) is 5.32 Å². The fraction of sp³-hybridized carbons (Fsp3) is 0. The van der Waals surface area contributed by atoms with Gasteiger partial charge in [-0.2, -0.15) is 0 Å². The average molecular weight is 175 g/mol. The lowest BCUT2D eigenvalue weighted by molar-refractivity contribution is 0.0963. The van der Waals surface area contributed by atoms with Gasteiger partial charge in [0.15, 0.2) is 0 Å². The molecule has 2 rings (SSSR count). The number of nitrogens with two attached hydrogens (primary N) is 1. The molecule has 0 radical (unpaired) electrons. The van der Waals surface area contributed by atoms with E-state index in [0.717, 1.165) is 5.69 Å². The summed E-state index contributed by atoms with van der Waals surface area (Å²) in [5.74, 6) is 0.384. The summed E-state index contributed by atoms with van der Waals surface area (Å²) in [6.07, 6.45) is 1.33. The number of fused-ring (bicyclic) bond motifs is 1. The van der Waals surface area contributed by atoms with Gasteiger partial charge in [-0.15, -0.1) is 0 Å². The summed E-state index contributed by atoms with van der Waals surface area (Å²) < 4.78 is 0. The van der Waals surface area contributed by atoms with Crippen LogP contribution in [0.4, 0.5) is 5.69 Å². The number of carbonyl (C=O) groups excluding carboxylic acids is 1. The normalized spacial score (nSPS) is 17.5. The first-order valence-corrected chi connectivity index (χ1v) is 3.90. The van der Waals surface area contributed by atoms with Gasteiger partial charge in [0.25, 0.3) is 5.91 Å². The van der Waals surface area contributed by atoms with Crippen LogP contribution in [0.5, 0.6) is 0 Å². The minimum Gasteiger partial charge on any atom is -0.402 e. The zero-order valence-corrected chi connectivity index (χ0v) is 6.87. The van der Waals surface area contributed by atoms with Gasteiger partial charge in [-0.25, -0.2) is 0 Å². The highest BCUT2D eigenvalue weighted by atomic mass is 16.1. The molecule has 0 saturated carbocycles. The van der Waals surface area contributed by atoms with E-state index >= 15 is 0 Å². The Balaban J connectivity index is 2.48. The molecular formula is C9H9N3O. The average Bonchev–Trinajstić information content (AvgIpc) is 2.18. The molecule has 1 aromatic rings. The second-order valence-corrected chi connectivity index (χ2v) is 2.71. The van der Waals surface area contributed by atoms with Crippen molar-refractivity contribution in [1.82, 2.24) is 5.32 Å². The maximum Gasteiger partial charge on any atom is 0.258 e. The van der Waals surface area contributed by atoms with Gasteiger partial charge >= 0.3 is 0 Å². The Labute approximate surface area is 75.4 Å². The molecule has 0 spiro atoms. The van der Waals surface area contributed by atoms with E-state index in [1.54, 1.807) is 6.07 Å². The molecule has 0 unspecified atom stereocenters. The number of hydrogen-bond acceptors (Lipinski definition) is 3. The Morgan fingerprint density at radius 1 is 1.23 bits per heavy atom.